The normalized spacial score (nSPS) is 20.5. The first-order chi connectivity index (χ1) is 19.9. The first-order valence-corrected chi connectivity index (χ1v) is 13.8. The monoisotopic (exact) mass is 604 g/mol. The first kappa shape index (κ1) is 33.3. The van der Waals surface area contributed by atoms with Crippen LogP contribution in [0.3, 0.4) is 0 Å². The Morgan fingerprint density at radius 2 is 1.14 bits per heavy atom. The minimum Gasteiger partial charge on any atom is -0.478 e. The van der Waals surface area contributed by atoms with Gasteiger partial charge in [0.25, 0.3) is 0 Å². The smallest absolute Gasteiger partial charge is 0.407 e. The maximum atomic E-state index is 13.6. The summed E-state index contributed by atoms with van der Waals surface area (Å²) in [6.07, 6.45) is 0.431. The lowest BCUT2D eigenvalue weighted by molar-refractivity contribution is 0.0511. The third kappa shape index (κ3) is 9.93. The molecule has 2 amide bonds. The Morgan fingerprint density at radius 1 is 0.744 bits per heavy atom. The van der Waals surface area contributed by atoms with E-state index in [9.17, 15) is 28.0 Å². The number of amides is 2. The number of hydrogen-bond acceptors (Lipinski definition) is 7. The van der Waals surface area contributed by atoms with Crippen LogP contribution in [0.25, 0.3) is 0 Å². The molecule has 12 heteroatoms. The van der Waals surface area contributed by atoms with E-state index in [1.165, 1.54) is 25.3 Å². The summed E-state index contributed by atoms with van der Waals surface area (Å²) >= 11 is 0. The van der Waals surface area contributed by atoms with Crippen molar-refractivity contribution in [3.8, 4) is 0 Å². The van der Waals surface area contributed by atoms with E-state index in [0.29, 0.717) is 12.0 Å². The van der Waals surface area contributed by atoms with Crippen LogP contribution in [0.4, 0.5) is 18.4 Å². The highest BCUT2D eigenvalue weighted by atomic mass is 19.1. The predicted octanol–water partition coefficient (Wildman–Crippen LogP) is 5.90. The molecule has 10 nitrogen and oxygen atoms in total. The number of methoxy groups -OCH3 is 1. The minimum atomic E-state index is -1.30. The van der Waals surface area contributed by atoms with E-state index < -0.39 is 47.0 Å². The number of rotatable bonds is 6. The van der Waals surface area contributed by atoms with Gasteiger partial charge in [-0.15, -0.1) is 0 Å². The molecule has 2 aromatic carbocycles. The molecule has 0 aromatic heterocycles. The standard InChI is InChI=1S/C16H20FNO4.C15H18FNO4/c1-16(2,3)22-15(20)18-13-8-10(13)9-5-6-12(17)11(7-9)14(19)21-4;1-15(2,3)21-14(20)17-12-7-9(12)8-4-5-11(16)10(6-8)13(18)19/h5-7,10,13H,8H2,1-4H3,(H,18,20);4-6,9,12H,7H2,1-3H3,(H,17,20)(H,18,19)/t10-,13+;9-,12+/m00/s1. The van der Waals surface area contributed by atoms with Crippen LogP contribution in [-0.2, 0) is 14.2 Å². The van der Waals surface area contributed by atoms with Crippen molar-refractivity contribution < 1.29 is 47.3 Å². The van der Waals surface area contributed by atoms with Crippen molar-refractivity contribution in [1.29, 1.82) is 0 Å². The fourth-order valence-electron chi connectivity index (χ4n) is 4.34. The summed E-state index contributed by atoms with van der Waals surface area (Å²) in [5.74, 6) is -3.34. The topological polar surface area (TPSA) is 140 Å². The van der Waals surface area contributed by atoms with Crippen molar-refractivity contribution >= 4 is 24.1 Å². The molecule has 0 spiro atoms. The van der Waals surface area contributed by atoms with Crippen LogP contribution in [-0.4, -0.2) is 59.6 Å². The lowest BCUT2D eigenvalue weighted by Gasteiger charge is -2.19. The summed E-state index contributed by atoms with van der Waals surface area (Å²) in [5.41, 5.74) is -0.0699. The van der Waals surface area contributed by atoms with Crippen molar-refractivity contribution in [3.05, 3.63) is 70.3 Å². The fraction of sp³-hybridized carbons (Fsp3) is 0.484. The molecule has 4 atom stereocenters. The number of nitrogens with one attached hydrogen (secondary N) is 2. The molecule has 2 saturated carbocycles. The van der Waals surface area contributed by atoms with Gasteiger partial charge in [-0.1, -0.05) is 12.1 Å². The average molecular weight is 605 g/mol. The fourth-order valence-corrected chi connectivity index (χ4v) is 4.34. The number of alkyl carbamates (subject to hydrolysis) is 2. The van der Waals surface area contributed by atoms with Gasteiger partial charge in [-0.25, -0.2) is 28.0 Å². The summed E-state index contributed by atoms with van der Waals surface area (Å²) < 4.78 is 41.8. The minimum absolute atomic E-state index is 0.00350. The molecule has 2 aromatic rings. The van der Waals surface area contributed by atoms with Crippen molar-refractivity contribution in [2.24, 2.45) is 0 Å². The van der Waals surface area contributed by atoms with E-state index in [2.05, 4.69) is 15.4 Å². The van der Waals surface area contributed by atoms with Crippen molar-refractivity contribution in [3.63, 3.8) is 0 Å². The molecule has 2 fully saturated rings. The Bertz CT molecular complexity index is 1380. The molecule has 0 aliphatic heterocycles. The SMILES string of the molecule is CC(C)(C)OC(=O)N[C@@H]1C[C@H]1c1ccc(F)c(C(=O)O)c1.COC(=O)c1cc([C@@H]2C[C@H]2NC(=O)OC(C)(C)C)ccc1F. The van der Waals surface area contributed by atoms with Gasteiger partial charge in [0, 0.05) is 23.9 Å². The molecule has 0 heterocycles. The number of aromatic carboxylic acids is 1. The van der Waals surface area contributed by atoms with Crippen molar-refractivity contribution in [2.45, 2.75) is 89.5 Å². The van der Waals surface area contributed by atoms with Gasteiger partial charge in [-0.3, -0.25) is 0 Å². The second-order valence-electron chi connectivity index (χ2n) is 12.5. The van der Waals surface area contributed by atoms with Gasteiger partial charge in [0.05, 0.1) is 18.2 Å². The molecule has 234 valence electrons. The Labute approximate surface area is 249 Å². The van der Waals surface area contributed by atoms with Gasteiger partial charge in [0.2, 0.25) is 0 Å². The second-order valence-corrected chi connectivity index (χ2v) is 12.5. The number of esters is 1. The Kier molecular flexibility index (Phi) is 10.0. The molecule has 0 unspecified atom stereocenters. The summed E-state index contributed by atoms with van der Waals surface area (Å²) in [6, 6.07) is 8.16. The maximum Gasteiger partial charge on any atom is 0.407 e. The van der Waals surface area contributed by atoms with Crippen LogP contribution < -0.4 is 10.6 Å². The molecule has 2 aliphatic rings. The number of ether oxygens (including phenoxy) is 3. The zero-order valence-corrected chi connectivity index (χ0v) is 25.2. The maximum absolute atomic E-state index is 13.6. The molecule has 43 heavy (non-hydrogen) atoms. The van der Waals surface area contributed by atoms with E-state index in [1.807, 2.05) is 0 Å². The molecule has 3 N–H and O–H groups in total. The number of carboxylic acids is 1. The third-order valence-corrected chi connectivity index (χ3v) is 6.46. The largest absolute Gasteiger partial charge is 0.478 e. The summed E-state index contributed by atoms with van der Waals surface area (Å²) in [4.78, 5) is 45.7. The van der Waals surface area contributed by atoms with E-state index in [1.54, 1.807) is 53.7 Å². The van der Waals surface area contributed by atoms with Gasteiger partial charge in [0.15, 0.2) is 0 Å². The Morgan fingerprint density at radius 3 is 1.51 bits per heavy atom. The molecule has 0 radical (unpaired) electrons. The Hall–Kier alpha value is -4.22. The number of carbonyl (C=O) groups excluding carboxylic acids is 3. The van der Waals surface area contributed by atoms with E-state index in [0.717, 1.165) is 18.1 Å². The average Bonchev–Trinajstić information content (AvgIpc) is 3.79. The molecule has 4 rings (SSSR count). The number of carboxylic acid groups (broad SMARTS) is 1. The van der Waals surface area contributed by atoms with Crippen LogP contribution >= 0.6 is 0 Å². The summed E-state index contributed by atoms with van der Waals surface area (Å²) in [7, 11) is 1.21. The van der Waals surface area contributed by atoms with E-state index in [-0.39, 0.29) is 35.0 Å². The quantitative estimate of drug-likeness (QED) is 0.274. The van der Waals surface area contributed by atoms with Gasteiger partial charge < -0.3 is 30.0 Å². The zero-order valence-electron chi connectivity index (χ0n) is 25.2. The molecule has 0 bridgehead atoms. The molecular formula is C31H38F2N2O8. The van der Waals surface area contributed by atoms with Gasteiger partial charge in [0.1, 0.15) is 22.8 Å². The second kappa shape index (κ2) is 13.0. The van der Waals surface area contributed by atoms with Crippen molar-refractivity contribution in [1.82, 2.24) is 10.6 Å². The third-order valence-electron chi connectivity index (χ3n) is 6.46. The van der Waals surface area contributed by atoms with Crippen molar-refractivity contribution in [2.75, 3.05) is 7.11 Å². The highest BCUT2D eigenvalue weighted by Crippen LogP contribution is 2.42. The number of carbonyl (C=O) groups is 4. The van der Waals surface area contributed by atoms with E-state index >= 15 is 0 Å². The van der Waals surface area contributed by atoms with E-state index in [4.69, 9.17) is 14.6 Å². The Balaban J connectivity index is 0.000000236. The molecular weight excluding hydrogens is 566 g/mol. The molecule has 2 aliphatic carbocycles. The number of halogens is 2. The lowest BCUT2D eigenvalue weighted by Crippen LogP contribution is -2.34. The number of hydrogen-bond donors (Lipinski definition) is 3. The zero-order chi connectivity index (χ0) is 32.3. The first-order valence-electron chi connectivity index (χ1n) is 13.8. The van der Waals surface area contributed by atoms with Crippen LogP contribution in [0, 0.1) is 11.6 Å². The molecule has 0 saturated heterocycles. The summed E-state index contributed by atoms with van der Waals surface area (Å²) in [6.45, 7) is 10.7. The highest BCUT2D eigenvalue weighted by molar-refractivity contribution is 5.90. The number of benzene rings is 2. The van der Waals surface area contributed by atoms with Gasteiger partial charge in [-0.2, -0.15) is 0 Å². The predicted molar refractivity (Wildman–Crippen MR) is 152 cm³/mol. The van der Waals surface area contributed by atoms with Gasteiger partial charge in [-0.05, 0) is 89.8 Å². The van der Waals surface area contributed by atoms with Crippen LogP contribution in [0.15, 0.2) is 36.4 Å². The summed E-state index contributed by atoms with van der Waals surface area (Å²) in [5, 5.41) is 14.4. The highest BCUT2D eigenvalue weighted by Gasteiger charge is 2.42. The van der Waals surface area contributed by atoms with Crippen LogP contribution in [0.2, 0.25) is 0 Å². The van der Waals surface area contributed by atoms with Crippen LogP contribution in [0.1, 0.15) is 98.1 Å². The van der Waals surface area contributed by atoms with Gasteiger partial charge >= 0.3 is 24.1 Å². The van der Waals surface area contributed by atoms with Crippen LogP contribution in [0.5, 0.6) is 0 Å². The lowest BCUT2D eigenvalue weighted by atomic mass is 10.1.